The summed E-state index contributed by atoms with van der Waals surface area (Å²) in [6.07, 6.45) is -0.856. The van der Waals surface area contributed by atoms with Crippen LogP contribution in [0, 0.1) is 31.1 Å². The van der Waals surface area contributed by atoms with E-state index in [2.05, 4.69) is 61.7 Å². The number of likely N-dealkylation sites (tertiary alicyclic amines) is 2. The van der Waals surface area contributed by atoms with Crippen LogP contribution >= 0.6 is 11.3 Å². The topological polar surface area (TPSA) is 96.5 Å². The fourth-order valence-corrected chi connectivity index (χ4v) is 8.75. The number of nitriles is 1. The maximum absolute atomic E-state index is 13.0. The van der Waals surface area contributed by atoms with E-state index in [1.807, 2.05) is 25.1 Å². The van der Waals surface area contributed by atoms with E-state index >= 15 is 0 Å². The highest BCUT2D eigenvalue weighted by Crippen LogP contribution is 2.34. The summed E-state index contributed by atoms with van der Waals surface area (Å²) >= 11 is 1.08. The Hall–Kier alpha value is -3.28. The summed E-state index contributed by atoms with van der Waals surface area (Å²) in [5, 5.41) is 25.7. The Balaban J connectivity index is 1.07. The summed E-state index contributed by atoms with van der Waals surface area (Å²) in [6, 6.07) is 10.9. The number of hydrogen-bond donors (Lipinski definition) is 2. The molecule has 0 radical (unpaired) electrons. The third-order valence-corrected chi connectivity index (χ3v) is 11.7. The molecule has 6 rings (SSSR count). The monoisotopic (exact) mass is 710 g/mol. The Labute approximate surface area is 296 Å². The van der Waals surface area contributed by atoms with Crippen LogP contribution in [0.2, 0.25) is 0 Å². The maximum atomic E-state index is 13.0. The van der Waals surface area contributed by atoms with Gasteiger partial charge in [0.05, 0.1) is 11.8 Å². The molecule has 13 heteroatoms. The van der Waals surface area contributed by atoms with E-state index in [0.29, 0.717) is 33.5 Å². The zero-order chi connectivity index (χ0) is 35.7. The molecule has 2 aliphatic rings. The Morgan fingerprint density at radius 1 is 1.06 bits per heavy atom. The number of aliphatic hydroxyl groups excluding tert-OH is 1. The van der Waals surface area contributed by atoms with Gasteiger partial charge in [0.25, 0.3) is 0 Å². The number of alkyl halides is 3. The van der Waals surface area contributed by atoms with Gasteiger partial charge in [0.1, 0.15) is 34.5 Å². The molecule has 50 heavy (non-hydrogen) atoms. The fourth-order valence-electron chi connectivity index (χ4n) is 7.64. The Bertz CT molecular complexity index is 1830. The number of rotatable bonds is 11. The molecule has 0 aliphatic carbocycles. The summed E-state index contributed by atoms with van der Waals surface area (Å²) in [5.74, 6) is 1.70. The van der Waals surface area contributed by atoms with Crippen LogP contribution in [0.3, 0.4) is 0 Å². The largest absolute Gasteiger partial charge is 0.393 e. The molecular formula is C37H49F3N8OS. The number of anilines is 1. The van der Waals surface area contributed by atoms with Crippen LogP contribution in [0.1, 0.15) is 66.6 Å². The van der Waals surface area contributed by atoms with Crippen molar-refractivity contribution in [3.05, 3.63) is 51.8 Å². The van der Waals surface area contributed by atoms with Crippen LogP contribution in [0.4, 0.5) is 19.0 Å². The van der Waals surface area contributed by atoms with Gasteiger partial charge in [-0.05, 0) is 115 Å². The molecule has 1 aromatic carbocycles. The lowest BCUT2D eigenvalue weighted by Gasteiger charge is -2.37. The third-order valence-electron chi connectivity index (χ3n) is 10.7. The molecule has 0 amide bonds. The lowest BCUT2D eigenvalue weighted by molar-refractivity contribution is -0.126. The van der Waals surface area contributed by atoms with Crippen molar-refractivity contribution in [1.82, 2.24) is 29.2 Å². The molecule has 2 fully saturated rings. The molecule has 0 spiro atoms. The first-order chi connectivity index (χ1) is 23.8. The van der Waals surface area contributed by atoms with E-state index in [1.165, 1.54) is 11.1 Å². The minimum Gasteiger partial charge on any atom is -0.378 e. The number of nitrogens with one attached hydrogen (secondary N) is 1. The first kappa shape index (κ1) is 36.5. The van der Waals surface area contributed by atoms with Crippen LogP contribution in [0.25, 0.3) is 21.1 Å². The number of benzene rings is 1. The number of aryl methyl sites for hydroxylation is 2. The fraction of sp³-hybridized carbons (Fsp3) is 0.595. The third kappa shape index (κ3) is 8.43. The average molecular weight is 711 g/mol. The molecule has 0 bridgehead atoms. The van der Waals surface area contributed by atoms with Crippen LogP contribution in [-0.2, 0) is 19.5 Å². The minimum atomic E-state index is -4.26. The Kier molecular flexibility index (Phi) is 11.1. The lowest BCUT2D eigenvalue weighted by atomic mass is 9.92. The predicted molar refractivity (Wildman–Crippen MR) is 193 cm³/mol. The van der Waals surface area contributed by atoms with Gasteiger partial charge in [0, 0.05) is 54.0 Å². The summed E-state index contributed by atoms with van der Waals surface area (Å²) in [5.41, 5.74) is 4.24. The minimum absolute atomic E-state index is 0.169. The first-order valence-electron chi connectivity index (χ1n) is 17.7. The molecule has 2 atom stereocenters. The van der Waals surface area contributed by atoms with Gasteiger partial charge >= 0.3 is 6.18 Å². The van der Waals surface area contributed by atoms with E-state index in [0.717, 1.165) is 93.6 Å². The smallest absolute Gasteiger partial charge is 0.378 e. The van der Waals surface area contributed by atoms with E-state index in [4.69, 9.17) is 0 Å². The van der Waals surface area contributed by atoms with Crippen molar-refractivity contribution in [3.63, 3.8) is 0 Å². The van der Waals surface area contributed by atoms with Gasteiger partial charge < -0.3 is 15.0 Å². The standard InChI is InChI=1S/C37H49F3N8OS/c1-23(47-14-8-26(9-15-47)16-34(49)45(4)5)21-48-29(20-41)17-31-24(2)27(6-7-33(31)48)22-46-12-10-28(11-13-46)44-35-32-18-30(19-37(38,39)40)50-36(32)43-25(3)42-35/h6-7,17-18,23,26,28,34,49H,8-16,19,21-22H2,1-5H3,(H,42,43,44)/t23-,34?/m0/s1. The maximum Gasteiger partial charge on any atom is 0.393 e. The van der Waals surface area contributed by atoms with Gasteiger partial charge in [0.15, 0.2) is 0 Å². The molecule has 0 saturated carbocycles. The second-order valence-corrected chi connectivity index (χ2v) is 15.7. The number of fused-ring (bicyclic) bond motifs is 2. The van der Waals surface area contributed by atoms with Crippen molar-refractivity contribution in [2.45, 2.75) is 96.9 Å². The van der Waals surface area contributed by atoms with Crippen molar-refractivity contribution < 1.29 is 18.3 Å². The molecule has 9 nitrogen and oxygen atoms in total. The molecule has 2 N–H and O–H groups in total. The molecule has 5 heterocycles. The number of nitrogens with zero attached hydrogens (tertiary/aromatic N) is 7. The zero-order valence-corrected chi connectivity index (χ0v) is 30.5. The van der Waals surface area contributed by atoms with Gasteiger partial charge in [-0.25, -0.2) is 9.97 Å². The number of halogens is 3. The van der Waals surface area contributed by atoms with Crippen molar-refractivity contribution in [1.29, 1.82) is 5.26 Å². The molecule has 2 aliphatic heterocycles. The average Bonchev–Trinajstić information content (AvgIpc) is 3.63. The summed E-state index contributed by atoms with van der Waals surface area (Å²) in [6.45, 7) is 11.5. The summed E-state index contributed by atoms with van der Waals surface area (Å²) in [4.78, 5) is 16.6. The molecule has 1 unspecified atom stereocenters. The molecular weight excluding hydrogens is 662 g/mol. The zero-order valence-electron chi connectivity index (χ0n) is 29.7. The molecule has 4 aromatic rings. The molecule has 3 aromatic heterocycles. The van der Waals surface area contributed by atoms with Gasteiger partial charge in [0.2, 0.25) is 0 Å². The van der Waals surface area contributed by atoms with Crippen LogP contribution in [0.15, 0.2) is 24.3 Å². The van der Waals surface area contributed by atoms with Crippen LogP contribution in [0.5, 0.6) is 0 Å². The number of thiophene rings is 1. The van der Waals surface area contributed by atoms with Crippen molar-refractivity contribution in [2.24, 2.45) is 5.92 Å². The second-order valence-electron chi connectivity index (χ2n) is 14.6. The Morgan fingerprint density at radius 3 is 2.44 bits per heavy atom. The normalized spacial score (nSPS) is 18.7. The van der Waals surface area contributed by atoms with Gasteiger partial charge in [-0.2, -0.15) is 18.4 Å². The molecule has 2 saturated heterocycles. The van der Waals surface area contributed by atoms with Gasteiger partial charge in [-0.3, -0.25) is 14.7 Å². The van der Waals surface area contributed by atoms with Crippen LogP contribution < -0.4 is 5.32 Å². The highest BCUT2D eigenvalue weighted by atomic mass is 32.1. The summed E-state index contributed by atoms with van der Waals surface area (Å²) in [7, 11) is 3.83. The van der Waals surface area contributed by atoms with Crippen molar-refractivity contribution in [3.8, 4) is 6.07 Å². The van der Waals surface area contributed by atoms with E-state index in [-0.39, 0.29) is 17.0 Å². The number of aromatic nitrogens is 3. The van der Waals surface area contributed by atoms with E-state index in [9.17, 15) is 23.5 Å². The first-order valence-corrected chi connectivity index (χ1v) is 18.5. The van der Waals surface area contributed by atoms with Crippen molar-refractivity contribution in [2.75, 3.05) is 45.6 Å². The number of hydrogen-bond acceptors (Lipinski definition) is 9. The highest BCUT2D eigenvalue weighted by molar-refractivity contribution is 7.18. The predicted octanol–water partition coefficient (Wildman–Crippen LogP) is 6.69. The van der Waals surface area contributed by atoms with Crippen molar-refractivity contribution >= 4 is 38.3 Å². The number of piperidine rings is 2. The van der Waals surface area contributed by atoms with E-state index < -0.39 is 18.8 Å². The Morgan fingerprint density at radius 2 is 1.78 bits per heavy atom. The number of aliphatic hydroxyl groups is 1. The van der Waals surface area contributed by atoms with Gasteiger partial charge in [-0.1, -0.05) is 6.07 Å². The molecule has 270 valence electrons. The lowest BCUT2D eigenvalue weighted by Crippen LogP contribution is -2.43. The quantitative estimate of drug-likeness (QED) is 0.167. The van der Waals surface area contributed by atoms with Crippen LogP contribution in [-0.4, -0.2) is 99.1 Å². The SMILES string of the molecule is Cc1nc(NC2CCN(Cc3ccc4c(cc(C#N)n4C[C@H](C)N4CCC(CC(O)N(C)C)CC4)c3C)CC2)c2cc(CC(F)(F)F)sc2n1. The van der Waals surface area contributed by atoms with E-state index in [1.54, 1.807) is 13.0 Å². The highest BCUT2D eigenvalue weighted by Gasteiger charge is 2.30. The van der Waals surface area contributed by atoms with Gasteiger partial charge in [-0.15, -0.1) is 11.3 Å². The second kappa shape index (κ2) is 15.1. The summed E-state index contributed by atoms with van der Waals surface area (Å²) < 4.78 is 41.3.